The Labute approximate surface area is 261 Å². The summed E-state index contributed by atoms with van der Waals surface area (Å²) in [7, 11) is 0. The molecule has 0 saturated carbocycles. The van der Waals surface area contributed by atoms with Crippen LogP contribution in [0.15, 0.2) is 39.7 Å². The van der Waals surface area contributed by atoms with Gasteiger partial charge in [-0.25, -0.2) is 24.4 Å². The van der Waals surface area contributed by atoms with Crippen molar-refractivity contribution in [3.8, 4) is 5.88 Å². The molecule has 0 fully saturated rings. The fraction of sp³-hybridized carbons (Fsp3) is 0.452. The minimum absolute atomic E-state index is 0.0178. The fourth-order valence-electron chi connectivity index (χ4n) is 4.18. The van der Waals surface area contributed by atoms with E-state index in [2.05, 4.69) is 16.6 Å². The molecule has 1 aromatic rings. The molecule has 45 heavy (non-hydrogen) atoms. The quantitative estimate of drug-likeness (QED) is 0.366. The van der Waals surface area contributed by atoms with Gasteiger partial charge >= 0.3 is 18.3 Å². The standard InChI is InChI=1S/C18H24N2O6.C8H8N2O2.C4H8.CO2/c1-9-11-12(14(22)19(9)15(23)25-17(3,4)5)10(2)20(13(11)21)16(24)26-18(6,7)8;1-3-5-6(8(12)9-3)4(2)10-7(5)11;1-4(2)3;2-1-3/h1-8H3;9,12H,1-2H3;1H2,2-3H3;. The van der Waals surface area contributed by atoms with Gasteiger partial charge in [-0.1, -0.05) is 5.57 Å². The van der Waals surface area contributed by atoms with Crippen LogP contribution in [-0.2, 0) is 28.7 Å². The number of nitrogens with zero attached hydrogens (tertiary/aromatic N) is 3. The summed E-state index contributed by atoms with van der Waals surface area (Å²) in [4.78, 5) is 85.7. The third-order valence-corrected chi connectivity index (χ3v) is 5.64. The molecule has 14 nitrogen and oxygen atoms in total. The van der Waals surface area contributed by atoms with Gasteiger partial charge in [0, 0.05) is 17.1 Å². The number of fused-ring (bicyclic) bond motifs is 2. The Morgan fingerprint density at radius 1 is 0.800 bits per heavy atom. The number of imide groups is 2. The second-order valence-corrected chi connectivity index (χ2v) is 12.3. The number of carbonyl (C=O) groups is 5. The molecule has 0 radical (unpaired) electrons. The normalized spacial score (nSPS) is 15.1. The van der Waals surface area contributed by atoms with Crippen molar-refractivity contribution in [1.29, 1.82) is 0 Å². The van der Waals surface area contributed by atoms with Gasteiger partial charge in [0.25, 0.3) is 17.7 Å². The van der Waals surface area contributed by atoms with Gasteiger partial charge in [0.1, 0.15) is 11.2 Å². The first-order valence-electron chi connectivity index (χ1n) is 13.6. The summed E-state index contributed by atoms with van der Waals surface area (Å²) in [6.07, 6.45) is -1.47. The van der Waals surface area contributed by atoms with Crippen molar-refractivity contribution in [1.82, 2.24) is 14.8 Å². The van der Waals surface area contributed by atoms with E-state index in [0.717, 1.165) is 9.80 Å². The molecule has 0 unspecified atom stereocenters. The highest BCUT2D eigenvalue weighted by Crippen LogP contribution is 2.40. The Balaban J connectivity index is 0.000000436. The molecule has 14 heteroatoms. The first kappa shape index (κ1) is 37.9. The van der Waals surface area contributed by atoms with Gasteiger partial charge in [-0.05, 0) is 83.1 Å². The van der Waals surface area contributed by atoms with E-state index in [4.69, 9.17) is 19.1 Å². The number of allylic oxidation sites excluding steroid dienone is 3. The number of nitrogens with one attached hydrogen (secondary N) is 1. The number of ether oxygens (including phenoxy) is 2. The maximum Gasteiger partial charge on any atom is 0.421 e. The molecule has 0 aliphatic carbocycles. The van der Waals surface area contributed by atoms with Crippen LogP contribution in [0, 0.1) is 6.92 Å². The summed E-state index contributed by atoms with van der Waals surface area (Å²) in [6, 6.07) is 0. The summed E-state index contributed by atoms with van der Waals surface area (Å²) < 4.78 is 10.5. The van der Waals surface area contributed by atoms with Crippen LogP contribution in [0.1, 0.15) is 97.8 Å². The lowest BCUT2D eigenvalue weighted by atomic mass is 10.1. The topological polar surface area (TPSA) is 193 Å². The van der Waals surface area contributed by atoms with Crippen molar-refractivity contribution >= 4 is 41.8 Å². The predicted octanol–water partition coefficient (Wildman–Crippen LogP) is 5.08. The average Bonchev–Trinajstić information content (AvgIpc) is 3.48. The Kier molecular flexibility index (Phi) is 11.9. The number of amides is 5. The average molecular weight is 629 g/mol. The maximum absolute atomic E-state index is 12.7. The molecule has 5 amide bonds. The van der Waals surface area contributed by atoms with Gasteiger partial charge in [-0.3, -0.25) is 14.4 Å². The second kappa shape index (κ2) is 14.1. The third-order valence-electron chi connectivity index (χ3n) is 5.64. The molecule has 0 saturated heterocycles. The van der Waals surface area contributed by atoms with Crippen LogP contribution in [0.4, 0.5) is 9.59 Å². The number of aryl methyl sites for hydroxylation is 1. The molecule has 3 aliphatic rings. The van der Waals surface area contributed by atoms with Gasteiger partial charge in [-0.15, -0.1) is 6.58 Å². The number of H-pyrrole nitrogens is 1. The second-order valence-electron chi connectivity index (χ2n) is 12.3. The van der Waals surface area contributed by atoms with Crippen LogP contribution in [0.25, 0.3) is 0 Å². The fourth-order valence-corrected chi connectivity index (χ4v) is 4.18. The molecule has 0 atom stereocenters. The molecule has 0 spiro atoms. The minimum Gasteiger partial charge on any atom is -0.494 e. The largest absolute Gasteiger partial charge is 0.494 e. The molecule has 0 bridgehead atoms. The Morgan fingerprint density at radius 2 is 1.13 bits per heavy atom. The lowest BCUT2D eigenvalue weighted by Crippen LogP contribution is -2.40. The zero-order chi connectivity index (χ0) is 35.4. The highest BCUT2D eigenvalue weighted by Gasteiger charge is 2.51. The minimum atomic E-state index is -0.862. The molecule has 0 aromatic carbocycles. The molecule has 1 aromatic heterocycles. The van der Waals surface area contributed by atoms with E-state index in [9.17, 15) is 29.1 Å². The van der Waals surface area contributed by atoms with Crippen LogP contribution >= 0.6 is 0 Å². The van der Waals surface area contributed by atoms with Crippen LogP contribution in [0.3, 0.4) is 0 Å². The summed E-state index contributed by atoms with van der Waals surface area (Å²) in [5, 5.41) is 9.35. The van der Waals surface area contributed by atoms with Crippen LogP contribution in [0.2, 0.25) is 0 Å². The smallest absolute Gasteiger partial charge is 0.421 e. The molecule has 3 aliphatic heterocycles. The maximum atomic E-state index is 12.7. The monoisotopic (exact) mass is 628 g/mol. The van der Waals surface area contributed by atoms with E-state index in [-0.39, 0.29) is 40.5 Å². The summed E-state index contributed by atoms with van der Waals surface area (Å²) in [6.45, 7) is 23.9. The van der Waals surface area contributed by atoms with Crippen LogP contribution in [-0.4, -0.2) is 72.9 Å². The predicted molar refractivity (Wildman–Crippen MR) is 161 cm³/mol. The van der Waals surface area contributed by atoms with Gasteiger partial charge in [0.15, 0.2) is 5.88 Å². The first-order chi connectivity index (χ1) is 20.4. The zero-order valence-corrected chi connectivity index (χ0v) is 27.7. The number of aromatic amines is 1. The van der Waals surface area contributed by atoms with Gasteiger partial charge in [-0.2, -0.15) is 9.59 Å². The van der Waals surface area contributed by atoms with Crippen LogP contribution < -0.4 is 0 Å². The van der Waals surface area contributed by atoms with Gasteiger partial charge in [0.2, 0.25) is 0 Å². The molecule has 4 rings (SSSR count). The van der Waals surface area contributed by atoms with Crippen molar-refractivity contribution in [2.24, 2.45) is 4.99 Å². The molecular weight excluding hydrogens is 588 g/mol. The Morgan fingerprint density at radius 3 is 1.42 bits per heavy atom. The van der Waals surface area contributed by atoms with E-state index in [1.54, 1.807) is 55.4 Å². The van der Waals surface area contributed by atoms with E-state index >= 15 is 0 Å². The van der Waals surface area contributed by atoms with Crippen molar-refractivity contribution < 1.29 is 48.1 Å². The number of hydrogen-bond donors (Lipinski definition) is 2. The zero-order valence-electron chi connectivity index (χ0n) is 27.7. The van der Waals surface area contributed by atoms with Crippen LogP contribution in [0.5, 0.6) is 5.88 Å². The van der Waals surface area contributed by atoms with E-state index < -0.39 is 35.2 Å². The van der Waals surface area contributed by atoms with Crippen molar-refractivity contribution in [2.75, 3.05) is 0 Å². The third kappa shape index (κ3) is 8.96. The highest BCUT2D eigenvalue weighted by molar-refractivity contribution is 6.25. The molecule has 2 N–H and O–H groups in total. The number of aliphatic imine (C=N–C) groups is 1. The van der Waals surface area contributed by atoms with Crippen molar-refractivity contribution in [2.45, 2.75) is 94.3 Å². The number of hydrogen-bond acceptors (Lipinski definition) is 10. The number of aromatic hydroxyl groups is 1. The summed E-state index contributed by atoms with van der Waals surface area (Å²) >= 11 is 0. The summed E-state index contributed by atoms with van der Waals surface area (Å²) in [5.74, 6) is -1.61. The van der Waals surface area contributed by atoms with E-state index in [1.807, 2.05) is 13.8 Å². The lowest BCUT2D eigenvalue weighted by Gasteiger charge is -2.26. The SMILES string of the molecule is C=C(C)C.CC1=C2C(=O)N(C(=O)OC(C)(C)C)C(C)=C2C(=O)N1C(=O)OC(C)(C)C.CC1=NC(=O)c2c(C)[nH]c(O)c21.O=C=O. The van der Waals surface area contributed by atoms with E-state index in [1.165, 1.54) is 19.4 Å². The lowest BCUT2D eigenvalue weighted by molar-refractivity contribution is -0.191. The van der Waals surface area contributed by atoms with Crippen molar-refractivity contribution in [3.63, 3.8) is 0 Å². The highest BCUT2D eigenvalue weighted by atomic mass is 16.6. The van der Waals surface area contributed by atoms with E-state index in [0.29, 0.717) is 22.5 Å². The Hall–Kier alpha value is -5.10. The summed E-state index contributed by atoms with van der Waals surface area (Å²) in [5.41, 5.74) is 2.19. The number of rotatable bonds is 0. The van der Waals surface area contributed by atoms with Gasteiger partial charge < -0.3 is 19.6 Å². The molecular formula is C31H40N4O10. The van der Waals surface area contributed by atoms with Gasteiger partial charge in [0.05, 0.1) is 28.0 Å². The Bertz CT molecular complexity index is 1500. The number of carbonyl (C=O) groups excluding carboxylic acids is 7. The first-order valence-corrected chi connectivity index (χ1v) is 13.6. The molecule has 4 heterocycles. The van der Waals surface area contributed by atoms with Crippen molar-refractivity contribution in [3.05, 3.63) is 51.5 Å². The molecule has 244 valence electrons. The number of aromatic nitrogens is 1.